The highest BCUT2D eigenvalue weighted by molar-refractivity contribution is 5.95. The van der Waals surface area contributed by atoms with Gasteiger partial charge in [0.15, 0.2) is 11.5 Å². The molecule has 2 aromatic carbocycles. The second kappa shape index (κ2) is 9.43. The Hall–Kier alpha value is -3.06. The summed E-state index contributed by atoms with van der Waals surface area (Å²) in [6.45, 7) is 0.618. The summed E-state index contributed by atoms with van der Waals surface area (Å²) >= 11 is 0. The molecule has 2 aromatic rings. The molecule has 7 heteroatoms. The normalized spacial score (nSPS) is 10.1. The molecule has 0 bridgehead atoms. The van der Waals surface area contributed by atoms with Crippen molar-refractivity contribution in [2.24, 2.45) is 0 Å². The molecule has 0 saturated heterocycles. The molecule has 2 rings (SSSR count). The third-order valence-corrected chi connectivity index (χ3v) is 3.63. The highest BCUT2D eigenvalue weighted by Crippen LogP contribution is 2.27. The largest absolute Gasteiger partial charge is 0.493 e. The Bertz CT molecular complexity index is 776. The van der Waals surface area contributed by atoms with Gasteiger partial charge in [-0.2, -0.15) is 0 Å². The maximum absolute atomic E-state index is 12.0. The maximum atomic E-state index is 12.0. The van der Waals surface area contributed by atoms with Crippen molar-refractivity contribution >= 4 is 17.6 Å². The number of carbonyl (C=O) groups is 2. The van der Waals surface area contributed by atoms with Gasteiger partial charge >= 0.3 is 5.97 Å². The fraction of sp³-hybridized carbons (Fsp3) is 0.263. The number of anilines is 1. The van der Waals surface area contributed by atoms with Crippen LogP contribution in [-0.4, -0.2) is 39.8 Å². The predicted octanol–water partition coefficient (Wildman–Crippen LogP) is 2.22. The number of esters is 1. The lowest BCUT2D eigenvalue weighted by atomic mass is 10.2. The summed E-state index contributed by atoms with van der Waals surface area (Å²) < 4.78 is 15.1. The molecular weight excluding hydrogens is 336 g/mol. The molecule has 0 heterocycles. The summed E-state index contributed by atoms with van der Waals surface area (Å²) in [5, 5.41) is 5.79. The van der Waals surface area contributed by atoms with E-state index in [0.717, 1.165) is 5.56 Å². The number of rotatable bonds is 8. The third-order valence-electron chi connectivity index (χ3n) is 3.63. The summed E-state index contributed by atoms with van der Waals surface area (Å²) in [5.41, 5.74) is 1.87. The molecule has 0 fully saturated rings. The van der Waals surface area contributed by atoms with Gasteiger partial charge in [-0.05, 0) is 35.9 Å². The number of ether oxygens (including phenoxy) is 3. The monoisotopic (exact) mass is 358 g/mol. The van der Waals surface area contributed by atoms with E-state index in [9.17, 15) is 9.59 Å². The van der Waals surface area contributed by atoms with E-state index in [1.807, 2.05) is 18.2 Å². The Morgan fingerprint density at radius 3 is 2.42 bits per heavy atom. The minimum absolute atomic E-state index is 0.122. The van der Waals surface area contributed by atoms with E-state index in [4.69, 9.17) is 9.47 Å². The Balaban J connectivity index is 1.87. The molecule has 26 heavy (non-hydrogen) atoms. The van der Waals surface area contributed by atoms with E-state index in [1.165, 1.54) is 7.11 Å². The van der Waals surface area contributed by atoms with Gasteiger partial charge in [0.25, 0.3) is 0 Å². The third kappa shape index (κ3) is 5.22. The Morgan fingerprint density at radius 2 is 1.73 bits per heavy atom. The van der Waals surface area contributed by atoms with Crippen molar-refractivity contribution in [1.82, 2.24) is 5.32 Å². The minimum Gasteiger partial charge on any atom is -0.493 e. The van der Waals surface area contributed by atoms with E-state index in [2.05, 4.69) is 15.4 Å². The smallest absolute Gasteiger partial charge is 0.337 e. The summed E-state index contributed by atoms with van der Waals surface area (Å²) in [6.07, 6.45) is 0. The standard InChI is InChI=1S/C19H22N2O5/c1-24-16-8-7-13(9-17(16)25-2)11-20-12-18(22)21-15-6-4-5-14(10-15)19(23)26-3/h4-10,20H,11-12H2,1-3H3,(H,21,22). The molecule has 7 nitrogen and oxygen atoms in total. The molecule has 2 N–H and O–H groups in total. The Labute approximate surface area is 152 Å². The van der Waals surface area contributed by atoms with Crippen LogP contribution in [0.4, 0.5) is 5.69 Å². The lowest BCUT2D eigenvalue weighted by molar-refractivity contribution is -0.115. The zero-order valence-corrected chi connectivity index (χ0v) is 15.0. The van der Waals surface area contributed by atoms with E-state index in [-0.39, 0.29) is 12.5 Å². The zero-order valence-electron chi connectivity index (χ0n) is 15.0. The molecule has 1 amide bonds. The van der Waals surface area contributed by atoms with Crippen molar-refractivity contribution in [3.8, 4) is 11.5 Å². The molecule has 0 aliphatic carbocycles. The highest BCUT2D eigenvalue weighted by Gasteiger charge is 2.08. The highest BCUT2D eigenvalue weighted by atomic mass is 16.5. The van der Waals surface area contributed by atoms with Crippen molar-refractivity contribution in [1.29, 1.82) is 0 Å². The van der Waals surface area contributed by atoms with Crippen molar-refractivity contribution in [2.75, 3.05) is 33.2 Å². The number of hydrogen-bond donors (Lipinski definition) is 2. The van der Waals surface area contributed by atoms with Crippen LogP contribution >= 0.6 is 0 Å². The molecule has 138 valence electrons. The molecule has 0 aromatic heterocycles. The van der Waals surface area contributed by atoms with Gasteiger partial charge in [-0.1, -0.05) is 12.1 Å². The molecule has 0 saturated carbocycles. The van der Waals surface area contributed by atoms with Gasteiger partial charge in [0, 0.05) is 12.2 Å². The topological polar surface area (TPSA) is 85.9 Å². The molecule has 0 aliphatic heterocycles. The predicted molar refractivity (Wildman–Crippen MR) is 97.7 cm³/mol. The second-order valence-electron chi connectivity index (χ2n) is 5.41. The van der Waals surface area contributed by atoms with Crippen LogP contribution in [0.5, 0.6) is 11.5 Å². The van der Waals surface area contributed by atoms with E-state index >= 15 is 0 Å². The lowest BCUT2D eigenvalue weighted by Crippen LogP contribution is -2.27. The first-order chi connectivity index (χ1) is 12.6. The van der Waals surface area contributed by atoms with Gasteiger partial charge in [0.1, 0.15) is 0 Å². The zero-order chi connectivity index (χ0) is 18.9. The lowest BCUT2D eigenvalue weighted by Gasteiger charge is -2.11. The van der Waals surface area contributed by atoms with Crippen LogP contribution < -0.4 is 20.1 Å². The SMILES string of the molecule is COC(=O)c1cccc(NC(=O)CNCc2ccc(OC)c(OC)c2)c1. The summed E-state index contributed by atoms with van der Waals surface area (Å²) in [5.74, 6) is 0.621. The number of carbonyl (C=O) groups excluding carboxylic acids is 2. The first-order valence-corrected chi connectivity index (χ1v) is 7.97. The fourth-order valence-electron chi connectivity index (χ4n) is 2.36. The number of benzene rings is 2. The van der Waals surface area contributed by atoms with Crippen LogP contribution in [0.3, 0.4) is 0 Å². The van der Waals surface area contributed by atoms with Crippen molar-refractivity contribution in [3.05, 3.63) is 53.6 Å². The van der Waals surface area contributed by atoms with Gasteiger partial charge in [0.2, 0.25) is 5.91 Å². The quantitative estimate of drug-likeness (QED) is 0.704. The van der Waals surface area contributed by atoms with Crippen LogP contribution in [-0.2, 0) is 16.1 Å². The van der Waals surface area contributed by atoms with Crippen LogP contribution in [0, 0.1) is 0 Å². The summed E-state index contributed by atoms with van der Waals surface area (Å²) in [6, 6.07) is 12.1. The first kappa shape index (κ1) is 19.3. The molecule has 0 radical (unpaired) electrons. The molecule has 0 atom stereocenters. The fourth-order valence-corrected chi connectivity index (χ4v) is 2.36. The van der Waals surface area contributed by atoms with Gasteiger partial charge in [-0.15, -0.1) is 0 Å². The van der Waals surface area contributed by atoms with Crippen molar-refractivity contribution in [2.45, 2.75) is 6.54 Å². The molecule has 0 aliphatic rings. The average Bonchev–Trinajstić information content (AvgIpc) is 2.67. The van der Waals surface area contributed by atoms with E-state index < -0.39 is 5.97 Å². The Kier molecular flexibility index (Phi) is 6.99. The van der Waals surface area contributed by atoms with Gasteiger partial charge in [-0.25, -0.2) is 4.79 Å². The van der Waals surface area contributed by atoms with Crippen molar-refractivity contribution < 1.29 is 23.8 Å². The van der Waals surface area contributed by atoms with Gasteiger partial charge in [0.05, 0.1) is 33.4 Å². The molecule has 0 spiro atoms. The minimum atomic E-state index is -0.451. The molecular formula is C19H22N2O5. The average molecular weight is 358 g/mol. The number of amides is 1. The van der Waals surface area contributed by atoms with Gasteiger partial charge in [-0.3, -0.25) is 4.79 Å². The Morgan fingerprint density at radius 1 is 0.962 bits per heavy atom. The van der Waals surface area contributed by atoms with E-state index in [1.54, 1.807) is 38.5 Å². The van der Waals surface area contributed by atoms with Crippen molar-refractivity contribution in [3.63, 3.8) is 0 Å². The number of nitrogens with one attached hydrogen (secondary N) is 2. The van der Waals surface area contributed by atoms with Crippen LogP contribution in [0.15, 0.2) is 42.5 Å². The number of hydrogen-bond acceptors (Lipinski definition) is 6. The van der Waals surface area contributed by atoms with E-state index in [0.29, 0.717) is 29.3 Å². The van der Waals surface area contributed by atoms with Gasteiger partial charge < -0.3 is 24.8 Å². The van der Waals surface area contributed by atoms with Crippen LogP contribution in [0.25, 0.3) is 0 Å². The molecule has 0 unspecified atom stereocenters. The first-order valence-electron chi connectivity index (χ1n) is 7.97. The summed E-state index contributed by atoms with van der Waals surface area (Å²) in [7, 11) is 4.46. The maximum Gasteiger partial charge on any atom is 0.337 e. The van der Waals surface area contributed by atoms with Crippen LogP contribution in [0.2, 0.25) is 0 Å². The second-order valence-corrected chi connectivity index (χ2v) is 5.41. The summed E-state index contributed by atoms with van der Waals surface area (Å²) in [4.78, 5) is 23.6. The van der Waals surface area contributed by atoms with Crippen LogP contribution in [0.1, 0.15) is 15.9 Å². The number of methoxy groups -OCH3 is 3.